The fraction of sp³-hybridized carbons (Fsp3) is 0.560. The first kappa shape index (κ1) is 19.0. The Morgan fingerprint density at radius 1 is 1.22 bits per heavy atom. The summed E-state index contributed by atoms with van der Waals surface area (Å²) >= 11 is 0. The van der Waals surface area contributed by atoms with E-state index in [9.17, 15) is 15.0 Å². The summed E-state index contributed by atoms with van der Waals surface area (Å²) in [5, 5.41) is 26.2. The Bertz CT molecular complexity index is 1100. The maximum Gasteiger partial charge on any atom is 0.287 e. The maximum absolute atomic E-state index is 12.8. The van der Waals surface area contributed by atoms with Crippen LogP contribution in [0.5, 0.6) is 11.5 Å². The van der Waals surface area contributed by atoms with Gasteiger partial charge in [0, 0.05) is 18.2 Å². The molecule has 1 spiro atoms. The summed E-state index contributed by atoms with van der Waals surface area (Å²) in [6, 6.07) is 6.81. The number of amides is 1. The largest absolute Gasteiger partial charge is 0.504 e. The smallest absolute Gasteiger partial charge is 0.287 e. The zero-order valence-corrected chi connectivity index (χ0v) is 17.9. The molecule has 1 amide bonds. The molecule has 32 heavy (non-hydrogen) atoms. The highest BCUT2D eigenvalue weighted by molar-refractivity contribution is 5.91. The van der Waals surface area contributed by atoms with Crippen LogP contribution in [0.3, 0.4) is 0 Å². The standard InChI is InChI=1S/C25H28N2O5/c28-17-6-5-15-12-19-25(30)8-7-16(26-23(29)18-2-1-11-31-18)22-24(25,20(15)21(17)32-22)9-10-27(19)13-14-3-4-14/h1-2,5-6,11,14,16,19,22,28,30H,3-4,7-10,12-13H2,(H,26,29)/t16-,19-,22+,24+,25-/m1/s1. The molecular formula is C25H28N2O5. The Labute approximate surface area is 186 Å². The number of phenols is 1. The molecule has 3 aliphatic carbocycles. The topological polar surface area (TPSA) is 95.2 Å². The highest BCUT2D eigenvalue weighted by atomic mass is 16.5. The van der Waals surface area contributed by atoms with Crippen LogP contribution in [-0.2, 0) is 11.8 Å². The van der Waals surface area contributed by atoms with E-state index in [1.165, 1.54) is 19.1 Å². The third-order valence-electron chi connectivity index (χ3n) is 8.82. The van der Waals surface area contributed by atoms with Crippen molar-refractivity contribution in [1.29, 1.82) is 0 Å². The van der Waals surface area contributed by atoms with Crippen LogP contribution in [0.25, 0.3) is 0 Å². The molecule has 1 aromatic carbocycles. The number of ether oxygens (including phenoxy) is 1. The lowest BCUT2D eigenvalue weighted by Crippen LogP contribution is -2.78. The molecular weight excluding hydrogens is 408 g/mol. The Balaban J connectivity index is 1.32. The van der Waals surface area contributed by atoms with E-state index in [4.69, 9.17) is 9.15 Å². The van der Waals surface area contributed by atoms with E-state index in [1.54, 1.807) is 18.2 Å². The molecule has 3 N–H and O–H groups in total. The van der Waals surface area contributed by atoms with Crippen molar-refractivity contribution in [3.05, 3.63) is 47.4 Å². The lowest BCUT2D eigenvalue weighted by atomic mass is 9.48. The predicted octanol–water partition coefficient (Wildman–Crippen LogP) is 2.35. The van der Waals surface area contributed by atoms with Crippen molar-refractivity contribution in [3.63, 3.8) is 0 Å². The van der Waals surface area contributed by atoms with Crippen LogP contribution < -0.4 is 10.1 Å². The van der Waals surface area contributed by atoms with Crippen LogP contribution in [-0.4, -0.2) is 57.9 Å². The van der Waals surface area contributed by atoms with Gasteiger partial charge in [0.15, 0.2) is 17.3 Å². The van der Waals surface area contributed by atoms with Crippen molar-refractivity contribution < 1.29 is 24.2 Å². The van der Waals surface area contributed by atoms with Gasteiger partial charge in [0.2, 0.25) is 0 Å². The normalized spacial score (nSPS) is 37.0. The second kappa shape index (κ2) is 6.29. The van der Waals surface area contributed by atoms with E-state index in [0.29, 0.717) is 18.6 Å². The summed E-state index contributed by atoms with van der Waals surface area (Å²) in [6.07, 6.45) is 6.38. The van der Waals surface area contributed by atoms with Crippen molar-refractivity contribution in [3.8, 4) is 11.5 Å². The number of hydrogen-bond acceptors (Lipinski definition) is 6. The molecule has 2 saturated carbocycles. The average Bonchev–Trinajstić information content (AvgIpc) is 3.27. The number of benzene rings is 1. The van der Waals surface area contributed by atoms with Crippen molar-refractivity contribution in [2.24, 2.45) is 5.92 Å². The van der Waals surface area contributed by atoms with Crippen LogP contribution in [0, 0.1) is 5.92 Å². The van der Waals surface area contributed by atoms with Gasteiger partial charge in [0.05, 0.1) is 23.3 Å². The third kappa shape index (κ3) is 2.30. The van der Waals surface area contributed by atoms with Gasteiger partial charge < -0.3 is 24.7 Å². The second-order valence-electron chi connectivity index (χ2n) is 10.4. The lowest BCUT2D eigenvalue weighted by Gasteiger charge is -2.64. The zero-order valence-electron chi connectivity index (χ0n) is 17.9. The van der Waals surface area contributed by atoms with Crippen molar-refractivity contribution in [2.45, 2.75) is 67.7 Å². The van der Waals surface area contributed by atoms with Crippen LogP contribution in [0.1, 0.15) is 53.8 Å². The first-order chi connectivity index (χ1) is 15.5. The highest BCUT2D eigenvalue weighted by Gasteiger charge is 2.73. The van der Waals surface area contributed by atoms with E-state index in [0.717, 1.165) is 43.0 Å². The molecule has 0 radical (unpaired) electrons. The number of furan rings is 1. The number of piperidine rings is 1. The van der Waals surface area contributed by atoms with E-state index < -0.39 is 17.1 Å². The molecule has 0 unspecified atom stereocenters. The minimum absolute atomic E-state index is 0.0349. The molecule has 2 bridgehead atoms. The van der Waals surface area contributed by atoms with E-state index >= 15 is 0 Å². The minimum atomic E-state index is -0.942. The van der Waals surface area contributed by atoms with Gasteiger partial charge in [0.25, 0.3) is 5.91 Å². The molecule has 1 saturated heterocycles. The van der Waals surface area contributed by atoms with E-state index in [-0.39, 0.29) is 29.5 Å². The van der Waals surface area contributed by atoms with Crippen molar-refractivity contribution >= 4 is 5.91 Å². The SMILES string of the molecule is O=C(N[C@@H]1CC[C@@]2(O)[C@H]3Cc4ccc(O)c5c4[C@@]2(CCN3CC2CC2)[C@H]1O5)c1ccco1. The summed E-state index contributed by atoms with van der Waals surface area (Å²) in [6.45, 7) is 1.95. The van der Waals surface area contributed by atoms with Crippen LogP contribution in [0.2, 0.25) is 0 Å². The summed E-state index contributed by atoms with van der Waals surface area (Å²) in [4.78, 5) is 15.3. The van der Waals surface area contributed by atoms with Gasteiger partial charge in [-0.3, -0.25) is 9.69 Å². The summed E-state index contributed by atoms with van der Waals surface area (Å²) in [5.41, 5.74) is 0.569. The fourth-order valence-electron chi connectivity index (χ4n) is 7.28. The number of carbonyl (C=O) groups excluding carboxylic acids is 1. The summed E-state index contributed by atoms with van der Waals surface area (Å²) in [5.74, 6) is 1.36. The van der Waals surface area contributed by atoms with Gasteiger partial charge in [-0.25, -0.2) is 0 Å². The Hall–Kier alpha value is -2.51. The molecule has 7 rings (SSSR count). The minimum Gasteiger partial charge on any atom is -0.504 e. The molecule has 7 nitrogen and oxygen atoms in total. The number of likely N-dealkylation sites (tertiary alicyclic amines) is 1. The molecule has 3 fully saturated rings. The number of nitrogens with one attached hydrogen (secondary N) is 1. The molecule has 5 aliphatic rings. The molecule has 5 atom stereocenters. The van der Waals surface area contributed by atoms with Gasteiger partial charge in [0.1, 0.15) is 6.10 Å². The van der Waals surface area contributed by atoms with Gasteiger partial charge in [-0.2, -0.15) is 0 Å². The second-order valence-corrected chi connectivity index (χ2v) is 10.4. The number of aliphatic hydroxyl groups is 1. The molecule has 168 valence electrons. The van der Waals surface area contributed by atoms with Crippen LogP contribution in [0.15, 0.2) is 34.9 Å². The maximum atomic E-state index is 12.8. The van der Waals surface area contributed by atoms with Gasteiger partial charge in [-0.15, -0.1) is 0 Å². The number of aromatic hydroxyl groups is 1. The number of carbonyl (C=O) groups is 1. The number of phenolic OH excluding ortho intramolecular Hbond substituents is 1. The highest BCUT2D eigenvalue weighted by Crippen LogP contribution is 2.65. The average molecular weight is 437 g/mol. The number of rotatable bonds is 4. The molecule has 7 heteroatoms. The van der Waals surface area contributed by atoms with E-state index in [2.05, 4.69) is 10.2 Å². The first-order valence-corrected chi connectivity index (χ1v) is 11.8. The predicted molar refractivity (Wildman–Crippen MR) is 115 cm³/mol. The van der Waals surface area contributed by atoms with Crippen molar-refractivity contribution in [1.82, 2.24) is 10.2 Å². The van der Waals surface area contributed by atoms with E-state index in [1.807, 2.05) is 6.07 Å². The zero-order chi connectivity index (χ0) is 21.7. The third-order valence-corrected chi connectivity index (χ3v) is 8.82. The Morgan fingerprint density at radius 2 is 2.09 bits per heavy atom. The van der Waals surface area contributed by atoms with Gasteiger partial charge in [-0.05, 0) is 74.8 Å². The van der Waals surface area contributed by atoms with Gasteiger partial charge >= 0.3 is 0 Å². The summed E-state index contributed by atoms with van der Waals surface area (Å²) < 4.78 is 11.7. The molecule has 2 aromatic rings. The quantitative estimate of drug-likeness (QED) is 0.681. The molecule has 1 aromatic heterocycles. The monoisotopic (exact) mass is 436 g/mol. The first-order valence-electron chi connectivity index (χ1n) is 11.8. The van der Waals surface area contributed by atoms with Gasteiger partial charge in [-0.1, -0.05) is 6.07 Å². The fourth-order valence-corrected chi connectivity index (χ4v) is 7.28. The Kier molecular flexibility index (Phi) is 3.74. The van der Waals surface area contributed by atoms with Crippen LogP contribution in [0.4, 0.5) is 0 Å². The van der Waals surface area contributed by atoms with Crippen molar-refractivity contribution in [2.75, 3.05) is 13.1 Å². The number of hydrogen-bond donors (Lipinski definition) is 3. The lowest BCUT2D eigenvalue weighted by molar-refractivity contribution is -0.191. The molecule has 3 heterocycles. The number of nitrogens with zero attached hydrogens (tertiary/aromatic N) is 1. The molecule has 2 aliphatic heterocycles. The Morgan fingerprint density at radius 3 is 2.88 bits per heavy atom. The van der Waals surface area contributed by atoms with Crippen LogP contribution >= 0.6 is 0 Å². The summed E-state index contributed by atoms with van der Waals surface area (Å²) in [7, 11) is 0.